The normalized spacial score (nSPS) is 11.0. The molecule has 2 aromatic heterocycles. The Morgan fingerprint density at radius 1 is 1.53 bits per heavy atom. The van der Waals surface area contributed by atoms with Gasteiger partial charge in [0.2, 0.25) is 0 Å². The molecule has 90 valence electrons. The van der Waals surface area contributed by atoms with E-state index in [0.29, 0.717) is 5.65 Å². The summed E-state index contributed by atoms with van der Waals surface area (Å²) in [4.78, 5) is 27.0. The molecule has 7 nitrogen and oxygen atoms in total. The molecule has 0 N–H and O–H groups in total. The highest BCUT2D eigenvalue weighted by Gasteiger charge is 2.12. The molecule has 0 unspecified atom stereocenters. The molecule has 0 radical (unpaired) electrons. The predicted molar refractivity (Wildman–Crippen MR) is 58.5 cm³/mol. The Morgan fingerprint density at radius 3 is 2.94 bits per heavy atom. The molecule has 0 saturated heterocycles. The summed E-state index contributed by atoms with van der Waals surface area (Å²) in [7, 11) is 0. The molecule has 0 aromatic carbocycles. The summed E-state index contributed by atoms with van der Waals surface area (Å²) < 4.78 is 7.31. The number of aromatic nitrogens is 4. The quantitative estimate of drug-likeness (QED) is 0.692. The fraction of sp³-hybridized carbons (Fsp3) is 0.400. The lowest BCUT2D eigenvalue weighted by atomic mass is 10.5. The van der Waals surface area contributed by atoms with Crippen LogP contribution in [0.25, 0.3) is 5.65 Å². The van der Waals surface area contributed by atoms with Gasteiger partial charge in [0.15, 0.2) is 5.65 Å². The first kappa shape index (κ1) is 11.3. The Bertz CT molecular complexity index is 599. The largest absolute Gasteiger partial charge is 0.462 e. The maximum absolute atomic E-state index is 11.8. The Morgan fingerprint density at radius 2 is 2.29 bits per heavy atom. The molecule has 0 aliphatic carbocycles. The molecule has 7 heteroatoms. The van der Waals surface area contributed by atoms with Gasteiger partial charge in [-0.2, -0.15) is 0 Å². The lowest BCUT2D eigenvalue weighted by molar-refractivity contribution is -0.148. The Labute approximate surface area is 96.6 Å². The second-order valence-corrected chi connectivity index (χ2v) is 3.78. The van der Waals surface area contributed by atoms with E-state index in [1.54, 1.807) is 13.8 Å². The first-order valence-electron chi connectivity index (χ1n) is 5.16. The number of nitrogens with zero attached hydrogens (tertiary/aromatic N) is 4. The van der Waals surface area contributed by atoms with Crippen molar-refractivity contribution in [1.82, 2.24) is 19.2 Å². The van der Waals surface area contributed by atoms with E-state index in [2.05, 4.69) is 10.1 Å². The number of esters is 1. The van der Waals surface area contributed by atoms with Gasteiger partial charge in [0.25, 0.3) is 0 Å². The number of carbonyl (C=O) groups excluding carboxylic acids is 1. The minimum Gasteiger partial charge on any atom is -0.462 e. The molecule has 0 atom stereocenters. The summed E-state index contributed by atoms with van der Waals surface area (Å²) in [5, 5.41) is 3.96. The van der Waals surface area contributed by atoms with Crippen LogP contribution in [-0.2, 0) is 16.1 Å². The first-order valence-corrected chi connectivity index (χ1v) is 5.16. The van der Waals surface area contributed by atoms with Crippen LogP contribution in [0.15, 0.2) is 23.4 Å². The molecule has 0 fully saturated rings. The van der Waals surface area contributed by atoms with Crippen molar-refractivity contribution >= 4 is 11.6 Å². The molecule has 0 aliphatic rings. The van der Waals surface area contributed by atoms with Crippen molar-refractivity contribution in [2.45, 2.75) is 26.5 Å². The van der Waals surface area contributed by atoms with Gasteiger partial charge >= 0.3 is 11.7 Å². The number of hydrogen-bond donors (Lipinski definition) is 0. The summed E-state index contributed by atoms with van der Waals surface area (Å²) in [6, 6.07) is 0. The van der Waals surface area contributed by atoms with Gasteiger partial charge in [-0.1, -0.05) is 0 Å². The van der Waals surface area contributed by atoms with Crippen LogP contribution < -0.4 is 5.69 Å². The molecule has 2 heterocycles. The van der Waals surface area contributed by atoms with Gasteiger partial charge in [0, 0.05) is 12.4 Å². The third-order valence-electron chi connectivity index (χ3n) is 2.03. The Balaban J connectivity index is 2.28. The highest BCUT2D eigenvalue weighted by atomic mass is 16.5. The zero-order chi connectivity index (χ0) is 12.4. The zero-order valence-corrected chi connectivity index (χ0v) is 9.53. The average molecular weight is 236 g/mol. The van der Waals surface area contributed by atoms with E-state index in [-0.39, 0.29) is 18.3 Å². The molecule has 2 aromatic rings. The number of carbonyl (C=O) groups is 1. The topological polar surface area (TPSA) is 78.5 Å². The fourth-order valence-corrected chi connectivity index (χ4v) is 1.41. The van der Waals surface area contributed by atoms with Crippen LogP contribution in [0.3, 0.4) is 0 Å². The molecule has 2 rings (SSSR count). The van der Waals surface area contributed by atoms with Crippen LogP contribution in [0.2, 0.25) is 0 Å². The first-order chi connectivity index (χ1) is 8.08. The van der Waals surface area contributed by atoms with E-state index >= 15 is 0 Å². The molecule has 0 bridgehead atoms. The minimum atomic E-state index is -0.488. The van der Waals surface area contributed by atoms with Gasteiger partial charge in [-0.3, -0.25) is 9.78 Å². The van der Waals surface area contributed by atoms with Gasteiger partial charge in [-0.05, 0) is 13.8 Å². The average Bonchev–Trinajstić information content (AvgIpc) is 2.55. The molecule has 0 spiro atoms. The van der Waals surface area contributed by atoms with Crippen LogP contribution in [0.5, 0.6) is 0 Å². The van der Waals surface area contributed by atoms with Gasteiger partial charge in [0.1, 0.15) is 6.54 Å². The van der Waals surface area contributed by atoms with Crippen molar-refractivity contribution in [1.29, 1.82) is 0 Å². The van der Waals surface area contributed by atoms with Crippen LogP contribution in [0.4, 0.5) is 0 Å². The van der Waals surface area contributed by atoms with Crippen LogP contribution in [0, 0.1) is 0 Å². The van der Waals surface area contributed by atoms with Crippen LogP contribution in [0.1, 0.15) is 13.8 Å². The van der Waals surface area contributed by atoms with E-state index in [9.17, 15) is 9.59 Å². The van der Waals surface area contributed by atoms with Crippen molar-refractivity contribution in [3.05, 3.63) is 29.1 Å². The van der Waals surface area contributed by atoms with E-state index in [4.69, 9.17) is 4.74 Å². The summed E-state index contributed by atoms with van der Waals surface area (Å²) in [5.41, 5.74) is 0.0120. The van der Waals surface area contributed by atoms with Crippen molar-refractivity contribution in [3.63, 3.8) is 0 Å². The third kappa shape index (κ3) is 2.32. The standard InChI is InChI=1S/C10H12N4O3/c1-7(2)17-9(15)6-14-10(16)13-4-3-11-5-8(13)12-14/h3-5,7H,6H2,1-2H3. The number of rotatable bonds is 3. The lowest BCUT2D eigenvalue weighted by Gasteiger charge is -2.06. The van der Waals surface area contributed by atoms with E-state index in [1.807, 2.05) is 0 Å². The lowest BCUT2D eigenvalue weighted by Crippen LogP contribution is -2.27. The summed E-state index contributed by atoms with van der Waals surface area (Å²) >= 11 is 0. The molecule has 17 heavy (non-hydrogen) atoms. The molecule has 0 saturated carbocycles. The minimum absolute atomic E-state index is 0.196. The van der Waals surface area contributed by atoms with Crippen molar-refractivity contribution in [2.75, 3.05) is 0 Å². The third-order valence-corrected chi connectivity index (χ3v) is 2.03. The maximum Gasteiger partial charge on any atom is 0.350 e. The van der Waals surface area contributed by atoms with Crippen molar-refractivity contribution in [2.24, 2.45) is 0 Å². The van der Waals surface area contributed by atoms with Gasteiger partial charge in [0.05, 0.1) is 12.3 Å². The van der Waals surface area contributed by atoms with E-state index in [0.717, 1.165) is 4.68 Å². The monoisotopic (exact) mass is 236 g/mol. The number of hydrogen-bond acceptors (Lipinski definition) is 5. The summed E-state index contributed by atoms with van der Waals surface area (Å²) in [6.45, 7) is 3.29. The Hall–Kier alpha value is -2.18. The fourth-order valence-electron chi connectivity index (χ4n) is 1.41. The molecule has 0 aliphatic heterocycles. The molecular weight excluding hydrogens is 224 g/mol. The number of fused-ring (bicyclic) bond motifs is 1. The SMILES string of the molecule is CC(C)OC(=O)Cn1nc2cnccn2c1=O. The van der Waals surface area contributed by atoms with E-state index in [1.165, 1.54) is 23.0 Å². The molecule has 0 amide bonds. The Kier molecular flexibility index (Phi) is 2.90. The van der Waals surface area contributed by atoms with E-state index < -0.39 is 5.97 Å². The molecular formula is C10H12N4O3. The highest BCUT2D eigenvalue weighted by Crippen LogP contribution is 1.94. The highest BCUT2D eigenvalue weighted by molar-refractivity contribution is 5.69. The van der Waals surface area contributed by atoms with Gasteiger partial charge < -0.3 is 4.74 Å². The number of ether oxygens (including phenoxy) is 1. The summed E-state index contributed by atoms with van der Waals surface area (Å²) in [5.74, 6) is -0.488. The van der Waals surface area contributed by atoms with Gasteiger partial charge in [-0.15, -0.1) is 5.10 Å². The van der Waals surface area contributed by atoms with Crippen LogP contribution in [-0.4, -0.2) is 31.2 Å². The predicted octanol–water partition coefficient (Wildman–Crippen LogP) is -0.157. The van der Waals surface area contributed by atoms with Crippen molar-refractivity contribution < 1.29 is 9.53 Å². The summed E-state index contributed by atoms with van der Waals surface area (Å²) in [6.07, 6.45) is 4.21. The van der Waals surface area contributed by atoms with Crippen molar-refractivity contribution in [3.8, 4) is 0 Å². The van der Waals surface area contributed by atoms with Crippen LogP contribution >= 0.6 is 0 Å². The second kappa shape index (κ2) is 4.36. The smallest absolute Gasteiger partial charge is 0.350 e. The maximum atomic E-state index is 11.8. The zero-order valence-electron chi connectivity index (χ0n) is 9.53. The van der Waals surface area contributed by atoms with Gasteiger partial charge in [-0.25, -0.2) is 13.9 Å². The second-order valence-electron chi connectivity index (χ2n) is 3.78.